The lowest BCUT2D eigenvalue weighted by atomic mass is 10.0. The molecule has 0 radical (unpaired) electrons. The van der Waals surface area contributed by atoms with E-state index in [9.17, 15) is 9.59 Å². The number of carbonyl (C=O) groups is 2. The van der Waals surface area contributed by atoms with E-state index in [2.05, 4.69) is 0 Å². The molecule has 4 nitrogen and oxygen atoms in total. The average Bonchev–Trinajstić information content (AvgIpc) is 2.61. The molecule has 2 aromatic rings. The van der Waals surface area contributed by atoms with E-state index in [4.69, 9.17) is 9.47 Å². The third-order valence-corrected chi connectivity index (χ3v) is 3.54. The first-order chi connectivity index (χ1) is 12.6. The Labute approximate surface area is 153 Å². The van der Waals surface area contributed by atoms with E-state index in [1.165, 1.54) is 13.8 Å². The first-order valence-electron chi connectivity index (χ1n) is 8.38. The van der Waals surface area contributed by atoms with Gasteiger partial charge in [-0.2, -0.15) is 0 Å². The Morgan fingerprint density at radius 3 is 2.35 bits per heavy atom. The Balaban J connectivity index is 2.22. The first-order valence-corrected chi connectivity index (χ1v) is 8.38. The number of rotatable bonds is 7. The molecular formula is C22H22O4. The summed E-state index contributed by atoms with van der Waals surface area (Å²) >= 11 is 0. The molecule has 0 aliphatic heterocycles. The van der Waals surface area contributed by atoms with Gasteiger partial charge in [-0.15, -0.1) is 0 Å². The topological polar surface area (TPSA) is 52.6 Å². The number of hydrogen-bond donors (Lipinski definition) is 0. The van der Waals surface area contributed by atoms with Crippen molar-refractivity contribution in [2.24, 2.45) is 0 Å². The van der Waals surface area contributed by atoms with E-state index in [1.54, 1.807) is 12.1 Å². The van der Waals surface area contributed by atoms with E-state index in [-0.39, 0.29) is 18.5 Å². The van der Waals surface area contributed by atoms with Crippen molar-refractivity contribution < 1.29 is 19.1 Å². The van der Waals surface area contributed by atoms with Crippen LogP contribution in [0, 0.1) is 0 Å². The quantitative estimate of drug-likeness (QED) is 0.547. The van der Waals surface area contributed by atoms with Gasteiger partial charge in [-0.05, 0) is 29.7 Å². The highest BCUT2D eigenvalue weighted by Gasteiger charge is 2.08. The molecule has 0 unspecified atom stereocenters. The maximum Gasteiger partial charge on any atom is 0.308 e. The van der Waals surface area contributed by atoms with Gasteiger partial charge in [0.05, 0.1) is 0 Å². The maximum atomic E-state index is 11.4. The van der Waals surface area contributed by atoms with Gasteiger partial charge >= 0.3 is 11.9 Å². The van der Waals surface area contributed by atoms with Gasteiger partial charge < -0.3 is 9.47 Å². The second kappa shape index (κ2) is 9.99. The third-order valence-electron chi connectivity index (χ3n) is 3.54. The molecule has 0 bridgehead atoms. The Morgan fingerprint density at radius 2 is 1.65 bits per heavy atom. The van der Waals surface area contributed by atoms with Crippen molar-refractivity contribution in [3.05, 3.63) is 77.4 Å². The number of hydrogen-bond acceptors (Lipinski definition) is 4. The number of esters is 2. The van der Waals surface area contributed by atoms with Crippen molar-refractivity contribution in [1.29, 1.82) is 0 Å². The predicted octanol–water partition coefficient (Wildman–Crippen LogP) is 4.44. The lowest BCUT2D eigenvalue weighted by molar-refractivity contribution is -0.139. The van der Waals surface area contributed by atoms with Crippen molar-refractivity contribution in [3.63, 3.8) is 0 Å². The van der Waals surface area contributed by atoms with Gasteiger partial charge in [0.15, 0.2) is 0 Å². The van der Waals surface area contributed by atoms with E-state index in [1.807, 2.05) is 60.7 Å². The van der Waals surface area contributed by atoms with Crippen LogP contribution in [0.4, 0.5) is 0 Å². The molecule has 2 rings (SSSR count). The maximum absolute atomic E-state index is 11.4. The first kappa shape index (κ1) is 19.2. The van der Waals surface area contributed by atoms with Gasteiger partial charge in [0.2, 0.25) is 0 Å². The zero-order valence-electron chi connectivity index (χ0n) is 15.0. The average molecular weight is 350 g/mol. The molecule has 134 valence electrons. The fourth-order valence-corrected chi connectivity index (χ4v) is 2.43. The number of benzene rings is 2. The molecule has 2 aromatic carbocycles. The summed E-state index contributed by atoms with van der Waals surface area (Å²) in [4.78, 5) is 22.2. The van der Waals surface area contributed by atoms with Crippen LogP contribution in [0.25, 0.3) is 12.2 Å². The molecule has 26 heavy (non-hydrogen) atoms. The van der Waals surface area contributed by atoms with Gasteiger partial charge in [0.25, 0.3) is 0 Å². The van der Waals surface area contributed by atoms with Gasteiger partial charge in [-0.1, -0.05) is 60.7 Å². The zero-order valence-corrected chi connectivity index (χ0v) is 15.0. The summed E-state index contributed by atoms with van der Waals surface area (Å²) in [6.45, 7) is 2.95. The zero-order chi connectivity index (χ0) is 18.8. The van der Waals surface area contributed by atoms with Crippen LogP contribution in [0.1, 0.15) is 30.5 Å². The Kier molecular flexibility index (Phi) is 7.37. The summed E-state index contributed by atoms with van der Waals surface area (Å²) in [7, 11) is 0. The normalized spacial score (nSPS) is 11.0. The summed E-state index contributed by atoms with van der Waals surface area (Å²) in [6.07, 6.45) is 8.28. The van der Waals surface area contributed by atoms with Crippen LogP contribution < -0.4 is 4.74 Å². The Morgan fingerprint density at radius 1 is 0.885 bits per heavy atom. The molecule has 0 aliphatic rings. The Hall–Kier alpha value is -3.14. The molecule has 0 saturated carbocycles. The van der Waals surface area contributed by atoms with Crippen LogP contribution in [-0.2, 0) is 20.7 Å². The van der Waals surface area contributed by atoms with Crippen LogP contribution in [0.3, 0.4) is 0 Å². The highest BCUT2D eigenvalue weighted by Crippen LogP contribution is 2.25. The molecule has 4 heteroatoms. The van der Waals surface area contributed by atoms with Gasteiger partial charge in [0, 0.05) is 19.4 Å². The minimum absolute atomic E-state index is 0.201. The fraction of sp³-hybridized carbons (Fsp3) is 0.182. The molecule has 0 heterocycles. The van der Waals surface area contributed by atoms with Gasteiger partial charge in [-0.3, -0.25) is 9.59 Å². The van der Waals surface area contributed by atoms with E-state index in [0.717, 1.165) is 16.7 Å². The van der Waals surface area contributed by atoms with Crippen molar-refractivity contribution >= 4 is 24.1 Å². The molecule has 0 N–H and O–H groups in total. The van der Waals surface area contributed by atoms with Crippen LogP contribution in [0.2, 0.25) is 0 Å². The fourth-order valence-electron chi connectivity index (χ4n) is 2.43. The molecule has 0 amide bonds. The lowest BCUT2D eigenvalue weighted by Crippen LogP contribution is -2.05. The summed E-state index contributed by atoms with van der Waals surface area (Å²) in [6, 6.07) is 15.5. The van der Waals surface area contributed by atoms with E-state index in [0.29, 0.717) is 12.2 Å². The van der Waals surface area contributed by atoms with Crippen molar-refractivity contribution in [2.45, 2.75) is 20.3 Å². The number of carbonyl (C=O) groups excluding carboxylic acids is 2. The Bertz CT molecular complexity index is 804. The van der Waals surface area contributed by atoms with Crippen molar-refractivity contribution in [1.82, 2.24) is 0 Å². The van der Waals surface area contributed by atoms with Crippen LogP contribution in [-0.4, -0.2) is 18.5 Å². The summed E-state index contributed by atoms with van der Waals surface area (Å²) in [5.41, 5.74) is 2.91. The molecule has 0 aromatic heterocycles. The van der Waals surface area contributed by atoms with Crippen LogP contribution in [0.15, 0.2) is 60.7 Å². The molecule has 0 fully saturated rings. The summed E-state index contributed by atoms with van der Waals surface area (Å²) in [5, 5.41) is 0. The highest BCUT2D eigenvalue weighted by molar-refractivity contribution is 5.71. The van der Waals surface area contributed by atoms with E-state index >= 15 is 0 Å². The lowest BCUT2D eigenvalue weighted by Gasteiger charge is -2.11. The minimum atomic E-state index is -0.362. The molecule has 0 aliphatic carbocycles. The predicted molar refractivity (Wildman–Crippen MR) is 103 cm³/mol. The minimum Gasteiger partial charge on any atom is -0.462 e. The van der Waals surface area contributed by atoms with Crippen molar-refractivity contribution in [2.75, 3.05) is 6.61 Å². The second-order valence-electron chi connectivity index (χ2n) is 5.64. The van der Waals surface area contributed by atoms with Gasteiger partial charge in [0.1, 0.15) is 12.4 Å². The third kappa shape index (κ3) is 6.40. The number of allylic oxidation sites excluding steroid dienone is 1. The summed E-state index contributed by atoms with van der Waals surface area (Å²) in [5.74, 6) is -0.154. The SMILES string of the molecule is CC(=O)OC/C=C/c1cccc(OC(C)=O)c1C/C=C/c1ccccc1. The smallest absolute Gasteiger partial charge is 0.308 e. The molecule has 0 spiro atoms. The molecule has 0 atom stereocenters. The van der Waals surface area contributed by atoms with Crippen molar-refractivity contribution in [3.8, 4) is 5.75 Å². The van der Waals surface area contributed by atoms with E-state index < -0.39 is 0 Å². The standard InChI is InChI=1S/C22H22O4/c1-17(23)25-16-8-13-20-12-7-15-22(26-18(2)24)21(20)14-6-11-19-9-4-3-5-10-19/h3-13,15H,14,16H2,1-2H3/b11-6+,13-8+. The highest BCUT2D eigenvalue weighted by atomic mass is 16.5. The van der Waals surface area contributed by atoms with Crippen LogP contribution in [0.5, 0.6) is 5.75 Å². The molecule has 0 saturated heterocycles. The largest absolute Gasteiger partial charge is 0.462 e. The van der Waals surface area contributed by atoms with Crippen LogP contribution >= 0.6 is 0 Å². The monoisotopic (exact) mass is 350 g/mol. The molecular weight excluding hydrogens is 328 g/mol. The van der Waals surface area contributed by atoms with Gasteiger partial charge in [-0.25, -0.2) is 0 Å². The number of ether oxygens (including phenoxy) is 2. The second-order valence-corrected chi connectivity index (χ2v) is 5.64. The summed E-state index contributed by atoms with van der Waals surface area (Å²) < 4.78 is 10.3.